The molecule has 0 aliphatic heterocycles. The van der Waals surface area contributed by atoms with Gasteiger partial charge >= 0.3 is 12.1 Å². The van der Waals surface area contributed by atoms with Crippen LogP contribution in [0.2, 0.25) is 5.02 Å². The lowest BCUT2D eigenvalue weighted by molar-refractivity contribution is -0.142. The fourth-order valence-electron chi connectivity index (χ4n) is 2.83. The number of esters is 1. The van der Waals surface area contributed by atoms with Gasteiger partial charge in [0.15, 0.2) is 0 Å². The van der Waals surface area contributed by atoms with Crippen LogP contribution in [0.3, 0.4) is 0 Å². The van der Waals surface area contributed by atoms with Gasteiger partial charge < -0.3 is 14.0 Å². The lowest BCUT2D eigenvalue weighted by Gasteiger charge is -2.35. The molecule has 2 aromatic carbocycles. The zero-order chi connectivity index (χ0) is 23.9. The van der Waals surface area contributed by atoms with E-state index in [0.717, 1.165) is 5.56 Å². The molecule has 0 aromatic heterocycles. The Bertz CT molecular complexity index is 936. The van der Waals surface area contributed by atoms with E-state index in [-0.39, 0.29) is 18.1 Å². The Morgan fingerprint density at radius 1 is 1.06 bits per heavy atom. The molecule has 0 aliphatic rings. The third-order valence-electron chi connectivity index (χ3n) is 4.64. The third kappa shape index (κ3) is 7.13. The van der Waals surface area contributed by atoms with Gasteiger partial charge in [-0.3, -0.25) is 10.1 Å². The second kappa shape index (κ2) is 11.0. The standard InChI is InChI=1S/C23H29ClN2O5S/c1-22(2,3)32(29)26-23(4,14-19(27)30-5)17-12-9-13-18(20(17)24)25-21(28)31-15-16-10-7-6-8-11-16/h6-13,26H,14-15H2,1-5H3,(H,25,28). The van der Waals surface area contributed by atoms with E-state index >= 15 is 0 Å². The molecule has 174 valence electrons. The van der Waals surface area contributed by atoms with Crippen molar-refractivity contribution in [3.63, 3.8) is 0 Å². The van der Waals surface area contributed by atoms with Crippen molar-refractivity contribution >= 4 is 40.7 Å². The molecule has 2 aromatic rings. The Morgan fingerprint density at radius 2 is 1.72 bits per heavy atom. The molecule has 9 heteroatoms. The summed E-state index contributed by atoms with van der Waals surface area (Å²) in [4.78, 5) is 24.4. The summed E-state index contributed by atoms with van der Waals surface area (Å²) in [5.74, 6) is -0.498. The highest BCUT2D eigenvalue weighted by Gasteiger charge is 2.40. The van der Waals surface area contributed by atoms with Crippen molar-refractivity contribution in [1.82, 2.24) is 4.72 Å². The number of carbonyl (C=O) groups is 2. The fraction of sp³-hybridized carbons (Fsp3) is 0.391. The number of hydrogen-bond acceptors (Lipinski definition) is 6. The smallest absolute Gasteiger partial charge is 0.412 e. The van der Waals surface area contributed by atoms with Gasteiger partial charge in [0.1, 0.15) is 11.4 Å². The zero-order valence-electron chi connectivity index (χ0n) is 18.9. The predicted octanol–water partition coefficient (Wildman–Crippen LogP) is 4.92. The number of methoxy groups -OCH3 is 1. The van der Waals surface area contributed by atoms with Crippen molar-refractivity contribution in [3.8, 4) is 0 Å². The van der Waals surface area contributed by atoms with Gasteiger partial charge in [-0.1, -0.05) is 54.1 Å². The second-order valence-electron chi connectivity index (χ2n) is 8.42. The molecule has 1 amide bonds. The summed E-state index contributed by atoms with van der Waals surface area (Å²) in [5, 5.41) is 2.83. The summed E-state index contributed by atoms with van der Waals surface area (Å²) in [6, 6.07) is 14.3. The minimum absolute atomic E-state index is 0.107. The normalized spacial score (nSPS) is 14.2. The van der Waals surface area contributed by atoms with E-state index in [4.69, 9.17) is 21.1 Å². The van der Waals surface area contributed by atoms with E-state index in [1.807, 2.05) is 51.1 Å². The predicted molar refractivity (Wildman–Crippen MR) is 127 cm³/mol. The summed E-state index contributed by atoms with van der Waals surface area (Å²) < 4.78 is 25.4. The van der Waals surface area contributed by atoms with Gasteiger partial charge in [-0.25, -0.2) is 4.79 Å². The SMILES string of the molecule is COC(=O)CC(C)(N[S+]([O-])C(C)(C)C)c1cccc(NC(=O)OCc2ccccc2)c1Cl. The first kappa shape index (κ1) is 26.0. The van der Waals surface area contributed by atoms with Crippen LogP contribution in [0.1, 0.15) is 45.2 Å². The number of hydrogen-bond donors (Lipinski definition) is 2. The molecule has 0 fully saturated rings. The van der Waals surface area contributed by atoms with Crippen molar-refractivity contribution in [2.45, 2.75) is 51.0 Å². The molecular formula is C23H29ClN2O5S. The molecule has 2 N–H and O–H groups in total. The molecule has 0 aliphatic carbocycles. The number of nitrogens with one attached hydrogen (secondary N) is 2. The van der Waals surface area contributed by atoms with E-state index in [0.29, 0.717) is 11.3 Å². The molecule has 0 saturated carbocycles. The highest BCUT2D eigenvalue weighted by Crippen LogP contribution is 2.37. The van der Waals surface area contributed by atoms with Gasteiger partial charge in [-0.2, -0.15) is 0 Å². The molecule has 0 radical (unpaired) electrons. The summed E-state index contributed by atoms with van der Waals surface area (Å²) >= 11 is 5.11. The molecule has 0 bridgehead atoms. The van der Waals surface area contributed by atoms with Gasteiger partial charge in [-0.05, 0) is 44.9 Å². The first-order valence-electron chi connectivity index (χ1n) is 9.99. The van der Waals surface area contributed by atoms with Crippen molar-refractivity contribution in [3.05, 3.63) is 64.7 Å². The highest BCUT2D eigenvalue weighted by molar-refractivity contribution is 7.90. The minimum Gasteiger partial charge on any atom is -0.598 e. The lowest BCUT2D eigenvalue weighted by Crippen LogP contribution is -2.51. The van der Waals surface area contributed by atoms with Gasteiger partial charge in [0.25, 0.3) is 0 Å². The Hall–Kier alpha value is -2.26. The number of carbonyl (C=O) groups excluding carboxylic acids is 2. The second-order valence-corrected chi connectivity index (χ2v) is 10.8. The average Bonchev–Trinajstić information content (AvgIpc) is 2.73. The van der Waals surface area contributed by atoms with Crippen LogP contribution in [0.15, 0.2) is 48.5 Å². The number of anilines is 1. The number of halogens is 1. The number of ether oxygens (including phenoxy) is 2. The molecular weight excluding hydrogens is 452 g/mol. The molecule has 2 atom stereocenters. The molecule has 0 heterocycles. The first-order chi connectivity index (χ1) is 15.0. The van der Waals surface area contributed by atoms with Crippen LogP contribution in [0.5, 0.6) is 0 Å². The van der Waals surface area contributed by atoms with E-state index < -0.39 is 33.7 Å². The van der Waals surface area contributed by atoms with Crippen LogP contribution in [0.25, 0.3) is 0 Å². The molecule has 7 nitrogen and oxygen atoms in total. The molecule has 0 saturated heterocycles. The topological polar surface area (TPSA) is 99.7 Å². The minimum atomic E-state index is -1.50. The van der Waals surface area contributed by atoms with Crippen molar-refractivity contribution in [2.75, 3.05) is 12.4 Å². The molecule has 0 spiro atoms. The summed E-state index contributed by atoms with van der Waals surface area (Å²) in [7, 11) is 1.28. The average molecular weight is 481 g/mol. The lowest BCUT2D eigenvalue weighted by atomic mass is 9.89. The zero-order valence-corrected chi connectivity index (χ0v) is 20.4. The maximum Gasteiger partial charge on any atom is 0.412 e. The van der Waals surface area contributed by atoms with Crippen LogP contribution in [0, 0.1) is 0 Å². The molecule has 2 unspecified atom stereocenters. The Morgan fingerprint density at radius 3 is 2.31 bits per heavy atom. The van der Waals surface area contributed by atoms with E-state index in [1.54, 1.807) is 25.1 Å². The van der Waals surface area contributed by atoms with Crippen LogP contribution >= 0.6 is 11.6 Å². The Balaban J connectivity index is 2.26. The van der Waals surface area contributed by atoms with E-state index in [2.05, 4.69) is 10.0 Å². The largest absolute Gasteiger partial charge is 0.598 e. The van der Waals surface area contributed by atoms with Gasteiger partial charge in [-0.15, -0.1) is 4.72 Å². The van der Waals surface area contributed by atoms with Crippen LogP contribution in [-0.2, 0) is 37.8 Å². The highest BCUT2D eigenvalue weighted by atomic mass is 35.5. The fourth-order valence-corrected chi connectivity index (χ4v) is 4.11. The molecule has 32 heavy (non-hydrogen) atoms. The summed E-state index contributed by atoms with van der Waals surface area (Å²) in [6.07, 6.45) is -0.791. The van der Waals surface area contributed by atoms with Crippen molar-refractivity contribution < 1.29 is 23.6 Å². The van der Waals surface area contributed by atoms with Gasteiger partial charge in [0, 0.05) is 11.4 Å². The monoisotopic (exact) mass is 480 g/mol. The van der Waals surface area contributed by atoms with Gasteiger partial charge in [0.05, 0.1) is 29.8 Å². The van der Waals surface area contributed by atoms with Gasteiger partial charge in [0.2, 0.25) is 0 Å². The number of rotatable bonds is 8. The van der Waals surface area contributed by atoms with E-state index in [1.165, 1.54) is 7.11 Å². The third-order valence-corrected chi connectivity index (χ3v) is 6.80. The van der Waals surface area contributed by atoms with Crippen LogP contribution in [-0.4, -0.2) is 28.5 Å². The maximum atomic E-state index is 12.8. The maximum absolute atomic E-state index is 12.8. The summed E-state index contributed by atoms with van der Waals surface area (Å²) in [6.45, 7) is 7.27. The Kier molecular flexibility index (Phi) is 8.98. The Labute approximate surface area is 197 Å². The summed E-state index contributed by atoms with van der Waals surface area (Å²) in [5.41, 5.74) is 0.528. The molecule has 2 rings (SSSR count). The van der Waals surface area contributed by atoms with Crippen LogP contribution in [0.4, 0.5) is 10.5 Å². The number of amides is 1. The van der Waals surface area contributed by atoms with Crippen molar-refractivity contribution in [2.24, 2.45) is 0 Å². The first-order valence-corrected chi connectivity index (χ1v) is 11.5. The quantitative estimate of drug-likeness (QED) is 0.411. The van der Waals surface area contributed by atoms with Crippen molar-refractivity contribution in [1.29, 1.82) is 0 Å². The number of benzene rings is 2. The van der Waals surface area contributed by atoms with E-state index in [9.17, 15) is 14.1 Å². The van der Waals surface area contributed by atoms with Crippen LogP contribution < -0.4 is 10.0 Å².